The van der Waals surface area contributed by atoms with Crippen molar-refractivity contribution >= 4 is 23.2 Å². The van der Waals surface area contributed by atoms with E-state index in [-0.39, 0.29) is 10.6 Å². The summed E-state index contributed by atoms with van der Waals surface area (Å²) in [6.45, 7) is -0.544. The number of anilines is 1. The summed E-state index contributed by atoms with van der Waals surface area (Å²) in [5.41, 5.74) is 5.94. The smallest absolute Gasteiger partial charge is 0.265 e. The average Bonchev–Trinajstić information content (AvgIpc) is 2.25. The summed E-state index contributed by atoms with van der Waals surface area (Å²) >= 11 is 5.75. The number of amides is 1. The first kappa shape index (κ1) is 13.7. The van der Waals surface area contributed by atoms with Crippen molar-refractivity contribution in [1.29, 1.82) is 0 Å². The zero-order chi connectivity index (χ0) is 13.0. The van der Waals surface area contributed by atoms with E-state index >= 15 is 0 Å². The van der Waals surface area contributed by atoms with Crippen molar-refractivity contribution < 1.29 is 18.7 Å². The Morgan fingerprint density at radius 2 is 2.18 bits per heavy atom. The monoisotopic (exact) mass is 264 g/mol. The van der Waals surface area contributed by atoms with Crippen molar-refractivity contribution in [2.24, 2.45) is 0 Å². The van der Waals surface area contributed by atoms with Crippen molar-refractivity contribution in [2.75, 3.05) is 12.3 Å². The first-order chi connectivity index (χ1) is 7.91. The first-order valence-electron chi connectivity index (χ1n) is 4.71. The topological polar surface area (TPSA) is 75.4 Å². The Hall–Kier alpha value is -1.40. The van der Waals surface area contributed by atoms with Gasteiger partial charge in [-0.3, -0.25) is 4.79 Å². The second-order valence-corrected chi connectivity index (χ2v) is 3.76. The molecular weight excluding hydrogens is 254 g/mol. The quantitative estimate of drug-likeness (QED) is 0.717. The number of aliphatic hydroxyl groups is 1. The van der Waals surface area contributed by atoms with Gasteiger partial charge in [-0.1, -0.05) is 11.6 Å². The normalized spacial score (nSPS) is 12.5. The molecule has 0 aliphatic heterocycles. The van der Waals surface area contributed by atoms with Gasteiger partial charge in [0.1, 0.15) is 6.10 Å². The fourth-order valence-electron chi connectivity index (χ4n) is 1.10. The standard InChI is InChI=1S/C10H11ClF2N2O2/c11-7-3-5(14)1-2-6(7)10(17)15-4-8(16)9(12)13/h1-3,8-9,16H,4,14H2,(H,15,17). The summed E-state index contributed by atoms with van der Waals surface area (Å²) in [7, 11) is 0. The number of nitrogens with one attached hydrogen (secondary N) is 1. The third kappa shape index (κ3) is 3.83. The molecule has 0 aromatic heterocycles. The van der Waals surface area contributed by atoms with Crippen LogP contribution >= 0.6 is 11.6 Å². The van der Waals surface area contributed by atoms with Crippen molar-refractivity contribution in [3.05, 3.63) is 28.8 Å². The Bertz CT molecular complexity index is 415. The molecule has 0 saturated heterocycles. The number of rotatable bonds is 4. The number of hydrogen-bond donors (Lipinski definition) is 3. The highest BCUT2D eigenvalue weighted by Crippen LogP contribution is 2.18. The SMILES string of the molecule is Nc1ccc(C(=O)NCC(O)C(F)F)c(Cl)c1. The lowest BCUT2D eigenvalue weighted by atomic mass is 10.2. The van der Waals surface area contributed by atoms with Crippen LogP contribution in [-0.2, 0) is 0 Å². The molecule has 1 unspecified atom stereocenters. The highest BCUT2D eigenvalue weighted by Gasteiger charge is 2.18. The van der Waals surface area contributed by atoms with Crippen LogP contribution in [0.25, 0.3) is 0 Å². The predicted octanol–water partition coefficient (Wildman–Crippen LogP) is 1.28. The number of benzene rings is 1. The summed E-state index contributed by atoms with van der Waals surface area (Å²) in [5, 5.41) is 11.1. The molecule has 4 nitrogen and oxygen atoms in total. The van der Waals surface area contributed by atoms with Crippen LogP contribution in [0.2, 0.25) is 5.02 Å². The van der Waals surface area contributed by atoms with Gasteiger partial charge in [0.2, 0.25) is 0 Å². The zero-order valence-corrected chi connectivity index (χ0v) is 9.42. The van der Waals surface area contributed by atoms with Crippen molar-refractivity contribution in [3.63, 3.8) is 0 Å². The van der Waals surface area contributed by atoms with E-state index in [9.17, 15) is 13.6 Å². The molecule has 0 spiro atoms. The van der Waals surface area contributed by atoms with Gasteiger partial charge in [0.15, 0.2) is 0 Å². The molecule has 0 aliphatic rings. The van der Waals surface area contributed by atoms with Crippen LogP contribution in [0.1, 0.15) is 10.4 Å². The minimum absolute atomic E-state index is 0.113. The molecule has 4 N–H and O–H groups in total. The molecule has 0 heterocycles. The number of nitrogen functional groups attached to an aromatic ring is 1. The van der Waals surface area contributed by atoms with Gasteiger partial charge < -0.3 is 16.2 Å². The Labute approximate surface area is 101 Å². The maximum atomic E-state index is 12.0. The first-order valence-corrected chi connectivity index (χ1v) is 5.09. The summed E-state index contributed by atoms with van der Waals surface area (Å²) in [6, 6.07) is 4.21. The molecule has 94 valence electrons. The van der Waals surface area contributed by atoms with Gasteiger partial charge in [0.05, 0.1) is 10.6 Å². The summed E-state index contributed by atoms with van der Waals surface area (Å²) in [4.78, 5) is 11.5. The Balaban J connectivity index is 2.64. The molecule has 0 radical (unpaired) electrons. The number of carbonyl (C=O) groups is 1. The molecule has 1 atom stereocenters. The zero-order valence-electron chi connectivity index (χ0n) is 8.66. The van der Waals surface area contributed by atoms with Crippen LogP contribution in [-0.4, -0.2) is 30.1 Å². The summed E-state index contributed by atoms with van der Waals surface area (Å²) < 4.78 is 23.9. The molecule has 1 aromatic carbocycles. The van der Waals surface area contributed by atoms with Gasteiger partial charge in [0.25, 0.3) is 12.3 Å². The lowest BCUT2D eigenvalue weighted by Gasteiger charge is -2.11. The number of alkyl halides is 2. The predicted molar refractivity (Wildman–Crippen MR) is 60.2 cm³/mol. The van der Waals surface area contributed by atoms with E-state index in [2.05, 4.69) is 5.32 Å². The van der Waals surface area contributed by atoms with Crippen LogP contribution in [0.15, 0.2) is 18.2 Å². The Morgan fingerprint density at radius 1 is 1.53 bits per heavy atom. The van der Waals surface area contributed by atoms with Crippen molar-refractivity contribution in [1.82, 2.24) is 5.32 Å². The number of hydrogen-bond acceptors (Lipinski definition) is 3. The maximum absolute atomic E-state index is 12.0. The van der Waals surface area contributed by atoms with Crippen LogP contribution in [0.4, 0.5) is 14.5 Å². The molecule has 7 heteroatoms. The lowest BCUT2D eigenvalue weighted by Crippen LogP contribution is -2.35. The van der Waals surface area contributed by atoms with E-state index in [0.717, 1.165) is 0 Å². The fraction of sp³-hybridized carbons (Fsp3) is 0.300. The molecule has 0 bridgehead atoms. The minimum Gasteiger partial charge on any atom is -0.399 e. The molecule has 1 aromatic rings. The Kier molecular flexibility index (Phi) is 4.65. The van der Waals surface area contributed by atoms with E-state index in [4.69, 9.17) is 22.4 Å². The van der Waals surface area contributed by atoms with E-state index in [1.165, 1.54) is 18.2 Å². The highest BCUT2D eigenvalue weighted by atomic mass is 35.5. The highest BCUT2D eigenvalue weighted by molar-refractivity contribution is 6.34. The van der Waals surface area contributed by atoms with Crippen LogP contribution < -0.4 is 11.1 Å². The number of carbonyl (C=O) groups excluding carboxylic acids is 1. The molecule has 17 heavy (non-hydrogen) atoms. The maximum Gasteiger partial charge on any atom is 0.265 e. The fourth-order valence-corrected chi connectivity index (χ4v) is 1.37. The van der Waals surface area contributed by atoms with Gasteiger partial charge in [-0.15, -0.1) is 0 Å². The molecule has 1 amide bonds. The van der Waals surface area contributed by atoms with Gasteiger partial charge in [-0.05, 0) is 18.2 Å². The van der Waals surface area contributed by atoms with Gasteiger partial charge in [0, 0.05) is 12.2 Å². The van der Waals surface area contributed by atoms with Crippen molar-refractivity contribution in [3.8, 4) is 0 Å². The Morgan fingerprint density at radius 3 is 2.71 bits per heavy atom. The lowest BCUT2D eigenvalue weighted by molar-refractivity contribution is -0.00270. The summed E-state index contributed by atoms with van der Waals surface area (Å²) in [5.74, 6) is -0.644. The van der Waals surface area contributed by atoms with Crippen LogP contribution in [0, 0.1) is 0 Å². The molecule has 1 rings (SSSR count). The largest absolute Gasteiger partial charge is 0.399 e. The van der Waals surface area contributed by atoms with Crippen LogP contribution in [0.3, 0.4) is 0 Å². The van der Waals surface area contributed by atoms with E-state index in [1.807, 2.05) is 0 Å². The van der Waals surface area contributed by atoms with E-state index in [1.54, 1.807) is 0 Å². The molecule has 0 saturated carbocycles. The third-order valence-corrected chi connectivity index (χ3v) is 2.31. The molecule has 0 aliphatic carbocycles. The summed E-state index contributed by atoms with van der Waals surface area (Å²) in [6.07, 6.45) is -4.80. The number of nitrogens with two attached hydrogens (primary N) is 1. The van der Waals surface area contributed by atoms with Gasteiger partial charge >= 0.3 is 0 Å². The van der Waals surface area contributed by atoms with E-state index < -0.39 is 25.0 Å². The second-order valence-electron chi connectivity index (χ2n) is 3.35. The molecular formula is C10H11ClF2N2O2. The second kappa shape index (κ2) is 5.79. The van der Waals surface area contributed by atoms with Crippen molar-refractivity contribution in [2.45, 2.75) is 12.5 Å². The van der Waals surface area contributed by atoms with Crippen LogP contribution in [0.5, 0.6) is 0 Å². The minimum atomic E-state index is -2.91. The van der Waals surface area contributed by atoms with Gasteiger partial charge in [-0.25, -0.2) is 8.78 Å². The number of halogens is 3. The van der Waals surface area contributed by atoms with Gasteiger partial charge in [-0.2, -0.15) is 0 Å². The average molecular weight is 265 g/mol. The third-order valence-electron chi connectivity index (χ3n) is 2.00. The number of aliphatic hydroxyl groups excluding tert-OH is 1. The van der Waals surface area contributed by atoms with E-state index in [0.29, 0.717) is 5.69 Å². The molecule has 0 fully saturated rings.